The molecule has 0 saturated carbocycles. The lowest BCUT2D eigenvalue weighted by Gasteiger charge is -2.11. The van der Waals surface area contributed by atoms with Crippen LogP contribution in [0.5, 0.6) is 5.75 Å². The molecule has 0 atom stereocenters. The van der Waals surface area contributed by atoms with Crippen molar-refractivity contribution >= 4 is 38.2 Å². The van der Waals surface area contributed by atoms with Crippen molar-refractivity contribution in [1.82, 2.24) is 9.97 Å². The second kappa shape index (κ2) is 7.24. The molecule has 4 aromatic rings. The number of fused-ring (bicyclic) bond motifs is 1. The van der Waals surface area contributed by atoms with Crippen LogP contribution in [0.4, 0.5) is 5.69 Å². The van der Waals surface area contributed by atoms with Crippen LogP contribution in [0.15, 0.2) is 68.4 Å². The third kappa shape index (κ3) is 3.60. The Bertz CT molecular complexity index is 1500. The van der Waals surface area contributed by atoms with Crippen molar-refractivity contribution in [2.75, 3.05) is 0 Å². The average molecular weight is 445 g/mol. The Balaban J connectivity index is 1.79. The minimum absolute atomic E-state index is 0.0851. The quantitative estimate of drug-likeness (QED) is 0.207. The van der Waals surface area contributed by atoms with E-state index in [0.29, 0.717) is 4.88 Å². The van der Waals surface area contributed by atoms with E-state index < -0.39 is 26.2 Å². The van der Waals surface area contributed by atoms with E-state index >= 15 is 0 Å². The molecule has 0 spiro atoms. The van der Waals surface area contributed by atoms with E-state index in [1.54, 1.807) is 17.5 Å². The molecular weight excluding hydrogens is 434 g/mol. The van der Waals surface area contributed by atoms with Gasteiger partial charge in [-0.3, -0.25) is 19.7 Å². The first-order chi connectivity index (χ1) is 14.2. The molecule has 10 nitrogen and oxygen atoms in total. The number of thiophene rings is 1. The molecule has 0 aliphatic rings. The van der Waals surface area contributed by atoms with Crippen molar-refractivity contribution in [2.45, 2.75) is 4.90 Å². The Morgan fingerprint density at radius 1 is 0.967 bits per heavy atom. The summed E-state index contributed by atoms with van der Waals surface area (Å²) in [6.07, 6.45) is 0. The number of nitro benzene ring substituents is 1. The standard InChI is InChI=1S/C18H11N3O7S2/c22-17-18(23)20-14-9-11(4-5-13(14)19-17)30(26,27)28-15-6-3-10(21(24)25)8-12(15)16-2-1-7-29-16/h1-9H,(H,19,22)(H,20,23). The maximum Gasteiger partial charge on any atom is 0.339 e. The third-order valence-electron chi connectivity index (χ3n) is 4.14. The highest BCUT2D eigenvalue weighted by atomic mass is 32.2. The molecule has 0 amide bonds. The number of benzene rings is 2. The van der Waals surface area contributed by atoms with E-state index in [2.05, 4.69) is 9.97 Å². The first-order valence-electron chi connectivity index (χ1n) is 8.28. The van der Waals surface area contributed by atoms with Gasteiger partial charge in [-0.1, -0.05) is 6.07 Å². The van der Waals surface area contributed by atoms with Gasteiger partial charge >= 0.3 is 21.2 Å². The van der Waals surface area contributed by atoms with Gasteiger partial charge in [0, 0.05) is 22.6 Å². The Kier molecular flexibility index (Phi) is 4.72. The lowest BCUT2D eigenvalue weighted by atomic mass is 10.1. The molecule has 30 heavy (non-hydrogen) atoms. The molecule has 0 unspecified atom stereocenters. The van der Waals surface area contributed by atoms with Gasteiger partial charge in [0.2, 0.25) is 0 Å². The van der Waals surface area contributed by atoms with Gasteiger partial charge in [0.05, 0.1) is 16.0 Å². The molecule has 0 fully saturated rings. The number of aromatic nitrogens is 2. The fourth-order valence-corrected chi connectivity index (χ4v) is 4.47. The number of nitrogens with one attached hydrogen (secondary N) is 2. The predicted molar refractivity (Wildman–Crippen MR) is 109 cm³/mol. The maximum absolute atomic E-state index is 12.8. The van der Waals surface area contributed by atoms with Gasteiger partial charge in [-0.15, -0.1) is 11.3 Å². The normalized spacial score (nSPS) is 11.5. The summed E-state index contributed by atoms with van der Waals surface area (Å²) in [5.74, 6) is -0.0851. The third-order valence-corrected chi connectivity index (χ3v) is 6.28. The second-order valence-corrected chi connectivity index (χ2v) is 8.56. The zero-order valence-corrected chi connectivity index (χ0v) is 16.5. The van der Waals surface area contributed by atoms with Crippen LogP contribution in [0.25, 0.3) is 21.5 Å². The largest absolute Gasteiger partial charge is 0.378 e. The highest BCUT2D eigenvalue weighted by molar-refractivity contribution is 7.87. The first kappa shape index (κ1) is 19.5. The zero-order valence-electron chi connectivity index (χ0n) is 14.8. The van der Waals surface area contributed by atoms with Crippen LogP contribution in [-0.4, -0.2) is 23.3 Å². The number of non-ortho nitro benzene ring substituents is 1. The highest BCUT2D eigenvalue weighted by Gasteiger charge is 2.22. The molecule has 2 aromatic heterocycles. The topological polar surface area (TPSA) is 152 Å². The Morgan fingerprint density at radius 3 is 2.37 bits per heavy atom. The summed E-state index contributed by atoms with van der Waals surface area (Å²) in [5, 5.41) is 12.9. The van der Waals surface area contributed by atoms with Crippen LogP contribution in [0, 0.1) is 10.1 Å². The SMILES string of the molecule is O=c1[nH]c2ccc(S(=O)(=O)Oc3ccc([N+](=O)[O-])cc3-c3cccs3)cc2[nH]c1=O. The summed E-state index contributed by atoms with van der Waals surface area (Å²) >= 11 is 1.27. The summed E-state index contributed by atoms with van der Waals surface area (Å²) in [6, 6.07) is 10.7. The number of rotatable bonds is 5. The molecule has 152 valence electrons. The summed E-state index contributed by atoms with van der Waals surface area (Å²) in [6.45, 7) is 0. The van der Waals surface area contributed by atoms with Crippen LogP contribution in [-0.2, 0) is 10.1 Å². The average Bonchev–Trinajstić information content (AvgIpc) is 3.23. The minimum Gasteiger partial charge on any atom is -0.378 e. The monoisotopic (exact) mass is 445 g/mol. The molecule has 12 heteroatoms. The Morgan fingerprint density at radius 2 is 1.70 bits per heavy atom. The molecule has 2 heterocycles. The Labute approximate surface area is 171 Å². The van der Waals surface area contributed by atoms with Crippen molar-refractivity contribution in [1.29, 1.82) is 0 Å². The van der Waals surface area contributed by atoms with E-state index in [1.807, 2.05) is 0 Å². The van der Waals surface area contributed by atoms with Crippen molar-refractivity contribution in [3.8, 4) is 16.2 Å². The summed E-state index contributed by atoms with van der Waals surface area (Å²) in [5.41, 5.74) is -1.40. The molecule has 2 N–H and O–H groups in total. The van der Waals surface area contributed by atoms with E-state index in [4.69, 9.17) is 4.18 Å². The van der Waals surface area contributed by atoms with Crippen LogP contribution >= 0.6 is 11.3 Å². The fraction of sp³-hybridized carbons (Fsp3) is 0. The smallest absolute Gasteiger partial charge is 0.339 e. The van der Waals surface area contributed by atoms with E-state index in [9.17, 15) is 28.1 Å². The van der Waals surface area contributed by atoms with E-state index in [0.717, 1.165) is 12.1 Å². The van der Waals surface area contributed by atoms with Crippen LogP contribution in [0.3, 0.4) is 0 Å². The fourth-order valence-electron chi connectivity index (χ4n) is 2.74. The van der Waals surface area contributed by atoms with Crippen molar-refractivity contribution < 1.29 is 17.5 Å². The minimum atomic E-state index is -4.35. The molecule has 2 aromatic carbocycles. The second-order valence-electron chi connectivity index (χ2n) is 6.07. The van der Waals surface area contributed by atoms with Gasteiger partial charge < -0.3 is 14.2 Å². The molecule has 0 saturated heterocycles. The zero-order chi connectivity index (χ0) is 21.5. The van der Waals surface area contributed by atoms with Gasteiger partial charge in [0.15, 0.2) is 5.75 Å². The number of hydrogen-bond acceptors (Lipinski definition) is 8. The molecule has 0 radical (unpaired) electrons. The van der Waals surface area contributed by atoms with Crippen molar-refractivity contribution in [3.63, 3.8) is 0 Å². The molecule has 0 bridgehead atoms. The summed E-state index contributed by atoms with van der Waals surface area (Å²) in [4.78, 5) is 38.4. The lowest BCUT2D eigenvalue weighted by Crippen LogP contribution is -2.29. The number of nitro groups is 1. The highest BCUT2D eigenvalue weighted by Crippen LogP contribution is 2.37. The van der Waals surface area contributed by atoms with Gasteiger partial charge in [-0.25, -0.2) is 0 Å². The van der Waals surface area contributed by atoms with Gasteiger partial charge in [-0.05, 0) is 35.7 Å². The first-order valence-corrected chi connectivity index (χ1v) is 10.6. The van der Waals surface area contributed by atoms with Gasteiger partial charge in [0.25, 0.3) is 5.69 Å². The molecule has 0 aliphatic carbocycles. The Hall–Kier alpha value is -3.77. The maximum atomic E-state index is 12.8. The van der Waals surface area contributed by atoms with Crippen molar-refractivity contribution in [2.24, 2.45) is 0 Å². The van der Waals surface area contributed by atoms with Gasteiger partial charge in [-0.2, -0.15) is 8.42 Å². The van der Waals surface area contributed by atoms with E-state index in [1.165, 1.54) is 35.6 Å². The number of hydrogen-bond donors (Lipinski definition) is 2. The number of H-pyrrole nitrogens is 2. The predicted octanol–water partition coefficient (Wildman–Crippen LogP) is 2.62. The number of aromatic amines is 2. The van der Waals surface area contributed by atoms with Crippen LogP contribution in [0.2, 0.25) is 0 Å². The van der Waals surface area contributed by atoms with Crippen molar-refractivity contribution in [3.05, 3.63) is 84.7 Å². The van der Waals surface area contributed by atoms with Crippen LogP contribution < -0.4 is 15.3 Å². The van der Waals surface area contributed by atoms with Crippen LogP contribution in [0.1, 0.15) is 0 Å². The molecule has 4 rings (SSSR count). The van der Waals surface area contributed by atoms with E-state index in [-0.39, 0.29) is 32.9 Å². The summed E-state index contributed by atoms with van der Waals surface area (Å²) in [7, 11) is -4.35. The lowest BCUT2D eigenvalue weighted by molar-refractivity contribution is -0.384. The molecule has 0 aliphatic heterocycles. The van der Waals surface area contributed by atoms with Gasteiger partial charge in [0.1, 0.15) is 4.90 Å². The summed E-state index contributed by atoms with van der Waals surface area (Å²) < 4.78 is 30.9. The number of nitrogens with zero attached hydrogens (tertiary/aromatic N) is 1. The molecular formula is C18H11N3O7S2.